The highest BCUT2D eigenvalue weighted by Gasteiger charge is 2.33. The number of hydrogen-bond acceptors (Lipinski definition) is 7. The number of thiazole rings is 1. The molecule has 2 aliphatic heterocycles. The molecule has 5 rings (SSSR count). The van der Waals surface area contributed by atoms with Crippen molar-refractivity contribution in [1.29, 1.82) is 0 Å². The summed E-state index contributed by atoms with van der Waals surface area (Å²) >= 11 is 1.31. The fourth-order valence-corrected chi connectivity index (χ4v) is 4.92. The van der Waals surface area contributed by atoms with Crippen molar-refractivity contribution in [3.63, 3.8) is 0 Å². The van der Waals surface area contributed by atoms with Gasteiger partial charge in [-0.2, -0.15) is 0 Å². The number of anilines is 1. The van der Waals surface area contributed by atoms with Gasteiger partial charge in [0.05, 0.1) is 23.4 Å². The van der Waals surface area contributed by atoms with Crippen LogP contribution in [0.5, 0.6) is 11.5 Å². The summed E-state index contributed by atoms with van der Waals surface area (Å²) in [5.41, 5.74) is 0.670. The van der Waals surface area contributed by atoms with Crippen molar-refractivity contribution in [2.75, 3.05) is 50.9 Å². The predicted molar refractivity (Wildman–Crippen MR) is 120 cm³/mol. The molecule has 1 aromatic heterocycles. The number of halogens is 1. The number of hydrogen-bond donors (Lipinski definition) is 0. The van der Waals surface area contributed by atoms with Gasteiger partial charge in [-0.05, 0) is 36.8 Å². The highest BCUT2D eigenvalue weighted by molar-refractivity contribution is 7.22. The summed E-state index contributed by atoms with van der Waals surface area (Å²) in [4.78, 5) is 22.1. The maximum Gasteiger partial charge on any atom is 0.273 e. The Morgan fingerprint density at radius 1 is 1.19 bits per heavy atom. The molecule has 3 aromatic rings. The number of ether oxygens (including phenoxy) is 3. The van der Waals surface area contributed by atoms with Crippen molar-refractivity contribution < 1.29 is 23.4 Å². The Morgan fingerprint density at radius 3 is 2.84 bits per heavy atom. The van der Waals surface area contributed by atoms with E-state index in [0.717, 1.165) is 39.3 Å². The Labute approximate surface area is 189 Å². The maximum absolute atomic E-state index is 13.7. The smallest absolute Gasteiger partial charge is 0.273 e. The number of benzene rings is 2. The van der Waals surface area contributed by atoms with Gasteiger partial charge in [0.1, 0.15) is 12.4 Å². The van der Waals surface area contributed by atoms with Crippen molar-refractivity contribution in [1.82, 2.24) is 9.88 Å². The monoisotopic (exact) mass is 457 g/mol. The van der Waals surface area contributed by atoms with Crippen molar-refractivity contribution in [3.8, 4) is 11.5 Å². The van der Waals surface area contributed by atoms with Gasteiger partial charge in [-0.25, -0.2) is 9.37 Å². The molecule has 9 heteroatoms. The first-order valence-corrected chi connectivity index (χ1v) is 11.5. The van der Waals surface area contributed by atoms with Crippen LogP contribution in [0.1, 0.15) is 6.42 Å². The molecule has 0 saturated carbocycles. The molecule has 0 aliphatic carbocycles. The van der Waals surface area contributed by atoms with Crippen LogP contribution >= 0.6 is 11.3 Å². The van der Waals surface area contributed by atoms with Gasteiger partial charge in [-0.15, -0.1) is 0 Å². The fraction of sp³-hybridized carbons (Fsp3) is 0.391. The minimum Gasteiger partial charge on any atom is -0.485 e. The molecular formula is C23H24FN3O4S. The molecule has 1 amide bonds. The molecule has 3 heterocycles. The third kappa shape index (κ3) is 4.55. The van der Waals surface area contributed by atoms with Crippen LogP contribution in [0.4, 0.5) is 9.52 Å². The van der Waals surface area contributed by atoms with E-state index in [-0.39, 0.29) is 18.3 Å². The van der Waals surface area contributed by atoms with Crippen molar-refractivity contribution in [3.05, 3.63) is 48.3 Å². The van der Waals surface area contributed by atoms with Crippen LogP contribution < -0.4 is 14.4 Å². The lowest BCUT2D eigenvalue weighted by molar-refractivity contribution is -0.127. The molecule has 1 saturated heterocycles. The zero-order chi connectivity index (χ0) is 21.9. The number of aromatic nitrogens is 1. The van der Waals surface area contributed by atoms with Gasteiger partial charge in [-0.3, -0.25) is 14.6 Å². The largest absolute Gasteiger partial charge is 0.485 e. The Morgan fingerprint density at radius 2 is 2.00 bits per heavy atom. The second kappa shape index (κ2) is 9.40. The van der Waals surface area contributed by atoms with Crippen LogP contribution in [0.2, 0.25) is 0 Å². The van der Waals surface area contributed by atoms with Gasteiger partial charge in [0.2, 0.25) is 6.10 Å². The zero-order valence-corrected chi connectivity index (χ0v) is 18.4. The molecule has 32 heavy (non-hydrogen) atoms. The van der Waals surface area contributed by atoms with E-state index < -0.39 is 6.10 Å². The molecule has 0 spiro atoms. The summed E-state index contributed by atoms with van der Waals surface area (Å²) in [6, 6.07) is 11.8. The highest BCUT2D eigenvalue weighted by Crippen LogP contribution is 2.33. The lowest BCUT2D eigenvalue weighted by Gasteiger charge is -2.31. The topological polar surface area (TPSA) is 64.1 Å². The molecule has 0 unspecified atom stereocenters. The highest BCUT2D eigenvalue weighted by atomic mass is 32.1. The fourth-order valence-electron chi connectivity index (χ4n) is 3.89. The minimum atomic E-state index is -0.767. The van der Waals surface area contributed by atoms with E-state index in [1.54, 1.807) is 17.0 Å². The first-order chi connectivity index (χ1) is 15.7. The number of fused-ring (bicyclic) bond motifs is 2. The lowest BCUT2D eigenvalue weighted by Crippen LogP contribution is -2.47. The second-order valence-electron chi connectivity index (χ2n) is 7.77. The summed E-state index contributed by atoms with van der Waals surface area (Å²) in [5, 5.41) is 0.542. The van der Waals surface area contributed by atoms with Crippen LogP contribution in [0.25, 0.3) is 10.2 Å². The molecule has 0 N–H and O–H groups in total. The minimum absolute atomic E-state index is 0.134. The van der Waals surface area contributed by atoms with E-state index in [1.807, 2.05) is 18.2 Å². The Kier molecular flexibility index (Phi) is 6.20. The van der Waals surface area contributed by atoms with E-state index >= 15 is 0 Å². The summed E-state index contributed by atoms with van der Waals surface area (Å²) < 4.78 is 31.5. The molecule has 2 aromatic carbocycles. The number of rotatable bonds is 6. The normalized spacial score (nSPS) is 18.6. The Hall–Kier alpha value is -2.75. The van der Waals surface area contributed by atoms with Crippen LogP contribution in [-0.4, -0.2) is 67.9 Å². The van der Waals surface area contributed by atoms with E-state index in [0.29, 0.717) is 33.4 Å². The van der Waals surface area contributed by atoms with Crippen LogP contribution in [0.3, 0.4) is 0 Å². The SMILES string of the molecule is O=C([C@@H]1COc2ccccc2O1)N(CCCN1CCOCC1)c1nc2ccc(F)cc2s1. The number of amides is 1. The summed E-state index contributed by atoms with van der Waals surface area (Å²) in [6.07, 6.45) is 0.0113. The summed E-state index contributed by atoms with van der Waals surface area (Å²) in [6.45, 7) is 4.74. The van der Waals surface area contributed by atoms with Crippen LogP contribution in [0.15, 0.2) is 42.5 Å². The Balaban J connectivity index is 1.36. The van der Waals surface area contributed by atoms with Gasteiger partial charge in [0.25, 0.3) is 5.91 Å². The Bertz CT molecular complexity index is 1100. The third-order valence-corrected chi connectivity index (χ3v) is 6.62. The number of para-hydroxylation sites is 2. The van der Waals surface area contributed by atoms with E-state index in [9.17, 15) is 9.18 Å². The number of morpholine rings is 1. The zero-order valence-electron chi connectivity index (χ0n) is 17.5. The lowest BCUT2D eigenvalue weighted by atomic mass is 10.2. The first kappa shape index (κ1) is 21.1. The number of carbonyl (C=O) groups excluding carboxylic acids is 1. The molecule has 7 nitrogen and oxygen atoms in total. The molecular weight excluding hydrogens is 433 g/mol. The maximum atomic E-state index is 13.7. The molecule has 1 atom stereocenters. The van der Waals surface area contributed by atoms with Crippen molar-refractivity contribution >= 4 is 32.6 Å². The van der Waals surface area contributed by atoms with E-state index in [2.05, 4.69) is 9.88 Å². The second-order valence-corrected chi connectivity index (χ2v) is 8.78. The van der Waals surface area contributed by atoms with Gasteiger partial charge in [-0.1, -0.05) is 23.5 Å². The summed E-state index contributed by atoms with van der Waals surface area (Å²) in [7, 11) is 0. The average Bonchev–Trinajstić information content (AvgIpc) is 3.24. The van der Waals surface area contributed by atoms with Crippen molar-refractivity contribution in [2.24, 2.45) is 0 Å². The van der Waals surface area contributed by atoms with E-state index in [4.69, 9.17) is 14.2 Å². The average molecular weight is 458 g/mol. The third-order valence-electron chi connectivity index (χ3n) is 5.58. The van der Waals surface area contributed by atoms with Gasteiger partial charge in [0, 0.05) is 26.2 Å². The van der Waals surface area contributed by atoms with Gasteiger partial charge >= 0.3 is 0 Å². The first-order valence-electron chi connectivity index (χ1n) is 10.7. The number of nitrogens with zero attached hydrogens (tertiary/aromatic N) is 3. The van der Waals surface area contributed by atoms with Crippen LogP contribution in [0, 0.1) is 5.82 Å². The predicted octanol–water partition coefficient (Wildman–Crippen LogP) is 3.33. The summed E-state index contributed by atoms with van der Waals surface area (Å²) in [5.74, 6) is 0.655. The van der Waals surface area contributed by atoms with E-state index in [1.165, 1.54) is 23.5 Å². The van der Waals surface area contributed by atoms with Gasteiger partial charge in [0.15, 0.2) is 16.6 Å². The quantitative estimate of drug-likeness (QED) is 0.566. The van der Waals surface area contributed by atoms with Crippen LogP contribution in [-0.2, 0) is 9.53 Å². The van der Waals surface area contributed by atoms with Crippen molar-refractivity contribution in [2.45, 2.75) is 12.5 Å². The molecule has 2 aliphatic rings. The molecule has 0 bridgehead atoms. The molecule has 1 fully saturated rings. The molecule has 168 valence electrons. The standard InChI is InChI=1S/C23H24FN3O4S/c24-16-6-7-17-21(14-16)32-23(25-17)27(9-3-8-26-10-12-29-13-11-26)22(28)20-15-30-18-4-1-2-5-19(18)31-20/h1-2,4-7,14,20H,3,8-13,15H2/t20-/m0/s1. The number of carbonyl (C=O) groups is 1. The van der Waals surface area contributed by atoms with Gasteiger partial charge < -0.3 is 14.2 Å². The molecule has 0 radical (unpaired) electrons.